The molecule has 3 fully saturated rings. The van der Waals surface area contributed by atoms with Crippen LogP contribution in [0.15, 0.2) is 12.1 Å². The third-order valence-corrected chi connectivity index (χ3v) is 5.77. The summed E-state index contributed by atoms with van der Waals surface area (Å²) in [4.78, 5) is 14.0. The number of piperidine rings is 1. The van der Waals surface area contributed by atoms with Crippen molar-refractivity contribution in [2.45, 2.75) is 44.3 Å². The molecule has 162 valence electrons. The van der Waals surface area contributed by atoms with E-state index in [2.05, 4.69) is 32.1 Å². The Balaban J connectivity index is 0.000000298. The normalized spacial score (nSPS) is 22.1. The van der Waals surface area contributed by atoms with Crippen LogP contribution in [0.25, 0.3) is 0 Å². The molecular formula is C19H27F3N4O3. The second-order valence-electron chi connectivity index (χ2n) is 7.99. The fourth-order valence-electron chi connectivity index (χ4n) is 3.84. The number of carbonyl (C=O) groups is 1. The number of carboxylic acids is 1. The molecule has 29 heavy (non-hydrogen) atoms. The number of aryl methyl sites for hydroxylation is 1. The van der Waals surface area contributed by atoms with Crippen LogP contribution in [-0.2, 0) is 9.53 Å². The van der Waals surface area contributed by atoms with Gasteiger partial charge in [-0.15, -0.1) is 5.10 Å². The number of carboxylic acid groups (broad SMARTS) is 1. The lowest BCUT2D eigenvalue weighted by Gasteiger charge is -2.51. The molecule has 0 bridgehead atoms. The number of aromatic nitrogens is 2. The highest BCUT2D eigenvalue weighted by atomic mass is 19.4. The molecule has 1 saturated carbocycles. The third-order valence-electron chi connectivity index (χ3n) is 5.77. The minimum absolute atomic E-state index is 0.273. The van der Waals surface area contributed by atoms with Gasteiger partial charge in [0.1, 0.15) is 0 Å². The molecule has 1 aliphatic carbocycles. The highest BCUT2D eigenvalue weighted by Crippen LogP contribution is 2.37. The predicted octanol–water partition coefficient (Wildman–Crippen LogP) is 2.50. The Morgan fingerprint density at radius 1 is 1.24 bits per heavy atom. The van der Waals surface area contributed by atoms with Gasteiger partial charge in [0.25, 0.3) is 0 Å². The van der Waals surface area contributed by atoms with Crippen LogP contribution in [0, 0.1) is 12.8 Å². The third kappa shape index (κ3) is 5.79. The lowest BCUT2D eigenvalue weighted by molar-refractivity contribution is -0.192. The van der Waals surface area contributed by atoms with Crippen LogP contribution in [-0.4, -0.2) is 77.3 Å². The average molecular weight is 416 g/mol. The van der Waals surface area contributed by atoms with Crippen LogP contribution in [0.4, 0.5) is 19.0 Å². The van der Waals surface area contributed by atoms with Crippen LogP contribution in [0.5, 0.6) is 0 Å². The van der Waals surface area contributed by atoms with Gasteiger partial charge in [-0.25, -0.2) is 4.79 Å². The largest absolute Gasteiger partial charge is 0.490 e. The van der Waals surface area contributed by atoms with Gasteiger partial charge in [-0.3, -0.25) is 4.90 Å². The quantitative estimate of drug-likeness (QED) is 0.811. The molecule has 7 nitrogen and oxygen atoms in total. The second-order valence-corrected chi connectivity index (χ2v) is 7.99. The van der Waals surface area contributed by atoms with Crippen LogP contribution in [0.3, 0.4) is 0 Å². The van der Waals surface area contributed by atoms with E-state index in [1.54, 1.807) is 0 Å². The maximum Gasteiger partial charge on any atom is 0.490 e. The highest BCUT2D eigenvalue weighted by molar-refractivity contribution is 5.73. The molecule has 2 aliphatic heterocycles. The summed E-state index contributed by atoms with van der Waals surface area (Å²) in [5.41, 5.74) is 1.25. The summed E-state index contributed by atoms with van der Waals surface area (Å²) < 4.78 is 37.6. The zero-order chi connectivity index (χ0) is 21.1. The van der Waals surface area contributed by atoms with Crippen molar-refractivity contribution in [1.82, 2.24) is 15.1 Å². The van der Waals surface area contributed by atoms with Crippen molar-refractivity contribution in [2.75, 3.05) is 44.3 Å². The van der Waals surface area contributed by atoms with Crippen LogP contribution in [0.1, 0.15) is 31.4 Å². The number of aliphatic carboxylic acids is 1. The number of anilines is 1. The minimum atomic E-state index is -5.08. The Kier molecular flexibility index (Phi) is 6.62. The first-order chi connectivity index (χ1) is 13.7. The van der Waals surface area contributed by atoms with E-state index in [4.69, 9.17) is 14.6 Å². The molecule has 1 spiro atoms. The smallest absolute Gasteiger partial charge is 0.475 e. The molecule has 1 aromatic rings. The van der Waals surface area contributed by atoms with E-state index in [9.17, 15) is 13.2 Å². The highest BCUT2D eigenvalue weighted by Gasteiger charge is 2.44. The molecule has 0 atom stereocenters. The topological polar surface area (TPSA) is 78.8 Å². The van der Waals surface area contributed by atoms with Crippen molar-refractivity contribution in [1.29, 1.82) is 0 Å². The van der Waals surface area contributed by atoms with Gasteiger partial charge in [-0.05, 0) is 50.7 Å². The van der Waals surface area contributed by atoms with Gasteiger partial charge in [0.05, 0.1) is 18.9 Å². The van der Waals surface area contributed by atoms with Crippen molar-refractivity contribution in [3.05, 3.63) is 17.8 Å². The summed E-state index contributed by atoms with van der Waals surface area (Å²) in [7, 11) is 0. The molecule has 4 rings (SSSR count). The lowest BCUT2D eigenvalue weighted by atomic mass is 9.85. The molecule has 0 aromatic carbocycles. The van der Waals surface area contributed by atoms with E-state index >= 15 is 0 Å². The number of hydrogen-bond donors (Lipinski definition) is 1. The van der Waals surface area contributed by atoms with E-state index in [1.807, 2.05) is 6.92 Å². The number of nitrogens with zero attached hydrogens (tertiary/aromatic N) is 4. The van der Waals surface area contributed by atoms with Crippen LogP contribution >= 0.6 is 0 Å². The van der Waals surface area contributed by atoms with Crippen LogP contribution < -0.4 is 4.90 Å². The molecule has 3 heterocycles. The summed E-state index contributed by atoms with van der Waals surface area (Å²) in [6, 6.07) is 4.15. The van der Waals surface area contributed by atoms with Gasteiger partial charge in [-0.1, -0.05) is 0 Å². The fraction of sp³-hybridized carbons (Fsp3) is 0.737. The lowest BCUT2D eigenvalue weighted by Crippen LogP contribution is -2.62. The molecule has 0 amide bonds. The van der Waals surface area contributed by atoms with Gasteiger partial charge in [0.2, 0.25) is 0 Å². The molecule has 0 radical (unpaired) electrons. The Morgan fingerprint density at radius 3 is 2.41 bits per heavy atom. The monoisotopic (exact) mass is 416 g/mol. The minimum Gasteiger partial charge on any atom is -0.475 e. The molecular weight excluding hydrogens is 389 g/mol. The summed E-state index contributed by atoms with van der Waals surface area (Å²) in [5, 5.41) is 15.7. The first kappa shape index (κ1) is 21.8. The maximum absolute atomic E-state index is 10.6. The molecule has 10 heteroatoms. The first-order valence-corrected chi connectivity index (χ1v) is 9.88. The number of hydrogen-bond acceptors (Lipinski definition) is 6. The Hall–Kier alpha value is -1.94. The van der Waals surface area contributed by atoms with Crippen molar-refractivity contribution in [2.24, 2.45) is 5.92 Å². The summed E-state index contributed by atoms with van der Waals surface area (Å²) in [6.45, 7) is 8.31. The second kappa shape index (κ2) is 8.83. The number of rotatable bonds is 3. The van der Waals surface area contributed by atoms with E-state index < -0.39 is 12.1 Å². The standard InChI is InChI=1S/C17H26N4O.C2HF3O2/c1-14-2-5-16(19-18-14)20-8-6-17(7-9-20)13-22-11-10-21(17)12-15-3-4-15;3-2(4,5)1(6)7/h2,5,15H,3-4,6-13H2,1H3;(H,6,7). The Labute approximate surface area is 167 Å². The number of morpholine rings is 1. The number of halogens is 3. The van der Waals surface area contributed by atoms with Crippen molar-refractivity contribution < 1.29 is 27.8 Å². The first-order valence-electron chi connectivity index (χ1n) is 9.88. The predicted molar refractivity (Wildman–Crippen MR) is 99.8 cm³/mol. The summed E-state index contributed by atoms with van der Waals surface area (Å²) >= 11 is 0. The van der Waals surface area contributed by atoms with E-state index in [1.165, 1.54) is 32.2 Å². The van der Waals surface area contributed by atoms with Crippen molar-refractivity contribution in [3.8, 4) is 0 Å². The zero-order valence-corrected chi connectivity index (χ0v) is 16.5. The van der Waals surface area contributed by atoms with Crippen LogP contribution in [0.2, 0.25) is 0 Å². The van der Waals surface area contributed by atoms with E-state index in [0.29, 0.717) is 0 Å². The molecule has 0 unspecified atom stereocenters. The summed E-state index contributed by atoms with van der Waals surface area (Å²) in [5.74, 6) is -0.783. The molecule has 1 aromatic heterocycles. The van der Waals surface area contributed by atoms with E-state index in [-0.39, 0.29) is 5.54 Å². The summed E-state index contributed by atoms with van der Waals surface area (Å²) in [6.07, 6.45) is 0.127. The molecule has 2 saturated heterocycles. The van der Waals surface area contributed by atoms with Gasteiger partial charge in [0, 0.05) is 31.7 Å². The Morgan fingerprint density at radius 2 is 1.90 bits per heavy atom. The average Bonchev–Trinajstić information content (AvgIpc) is 3.49. The fourth-order valence-corrected chi connectivity index (χ4v) is 3.84. The molecule has 1 N–H and O–H groups in total. The zero-order valence-electron chi connectivity index (χ0n) is 16.5. The van der Waals surface area contributed by atoms with Gasteiger partial charge in [-0.2, -0.15) is 18.3 Å². The molecule has 3 aliphatic rings. The number of alkyl halides is 3. The van der Waals surface area contributed by atoms with Gasteiger partial charge >= 0.3 is 12.1 Å². The number of ether oxygens (including phenoxy) is 1. The Bertz CT molecular complexity index is 687. The van der Waals surface area contributed by atoms with Crippen molar-refractivity contribution >= 4 is 11.8 Å². The van der Waals surface area contributed by atoms with Gasteiger partial charge in [0.15, 0.2) is 5.82 Å². The van der Waals surface area contributed by atoms with Gasteiger partial charge < -0.3 is 14.7 Å². The van der Waals surface area contributed by atoms with Crippen molar-refractivity contribution in [3.63, 3.8) is 0 Å². The van der Waals surface area contributed by atoms with E-state index in [0.717, 1.165) is 50.3 Å². The maximum atomic E-state index is 10.6. The SMILES string of the molecule is Cc1ccc(N2CCC3(CC2)COCCN3CC2CC2)nn1.O=C(O)C(F)(F)F.